The van der Waals surface area contributed by atoms with Crippen LogP contribution in [0.5, 0.6) is 5.75 Å². The van der Waals surface area contributed by atoms with Crippen LogP contribution in [0.15, 0.2) is 24.3 Å². The Bertz CT molecular complexity index is 475. The molecule has 3 rings (SSSR count). The SMILES string of the molecule is FC(F)(F)COc1ccc(NC2CCN3CCC2C3)cc1. The number of hydrogen-bond acceptors (Lipinski definition) is 3. The molecular formula is C15H19F3N2O. The van der Waals surface area contributed by atoms with Crippen molar-refractivity contribution in [3.05, 3.63) is 24.3 Å². The maximum atomic E-state index is 12.1. The minimum absolute atomic E-state index is 0.244. The molecule has 1 aromatic carbocycles. The van der Waals surface area contributed by atoms with Gasteiger partial charge < -0.3 is 15.0 Å². The zero-order valence-corrected chi connectivity index (χ0v) is 11.7. The summed E-state index contributed by atoms with van der Waals surface area (Å²) in [7, 11) is 0. The van der Waals surface area contributed by atoms with Crippen molar-refractivity contribution in [2.45, 2.75) is 25.1 Å². The summed E-state index contributed by atoms with van der Waals surface area (Å²) in [4.78, 5) is 2.48. The lowest BCUT2D eigenvalue weighted by molar-refractivity contribution is -0.153. The summed E-state index contributed by atoms with van der Waals surface area (Å²) in [6.07, 6.45) is -1.95. The highest BCUT2D eigenvalue weighted by molar-refractivity contribution is 5.47. The van der Waals surface area contributed by atoms with Crippen LogP contribution in [0.4, 0.5) is 18.9 Å². The van der Waals surface area contributed by atoms with Gasteiger partial charge in [0, 0.05) is 24.8 Å². The van der Waals surface area contributed by atoms with E-state index < -0.39 is 12.8 Å². The summed E-state index contributed by atoms with van der Waals surface area (Å²) in [5, 5.41) is 3.50. The predicted molar refractivity (Wildman–Crippen MR) is 74.6 cm³/mol. The molecule has 21 heavy (non-hydrogen) atoms. The Morgan fingerprint density at radius 3 is 2.57 bits per heavy atom. The standard InChI is InChI=1S/C15H19F3N2O/c16-15(17,18)10-21-13-3-1-12(2-4-13)19-14-6-8-20-7-5-11(14)9-20/h1-4,11,14,19H,5-10H2. The first kappa shape index (κ1) is 14.5. The van der Waals surface area contributed by atoms with Crippen LogP contribution in [-0.4, -0.2) is 43.4 Å². The minimum atomic E-state index is -4.30. The zero-order chi connectivity index (χ0) is 14.9. The van der Waals surface area contributed by atoms with Crippen molar-refractivity contribution in [2.75, 3.05) is 31.6 Å². The Kier molecular flexibility index (Phi) is 3.97. The molecule has 3 atom stereocenters. The van der Waals surface area contributed by atoms with Crippen molar-refractivity contribution in [2.24, 2.45) is 5.92 Å². The van der Waals surface area contributed by atoms with E-state index in [2.05, 4.69) is 10.2 Å². The van der Waals surface area contributed by atoms with Gasteiger partial charge in [-0.05, 0) is 49.6 Å². The lowest BCUT2D eigenvalue weighted by Gasteiger charge is -2.31. The van der Waals surface area contributed by atoms with Gasteiger partial charge in [-0.2, -0.15) is 13.2 Å². The smallest absolute Gasteiger partial charge is 0.422 e. The first-order valence-electron chi connectivity index (χ1n) is 7.28. The Morgan fingerprint density at radius 1 is 1.14 bits per heavy atom. The highest BCUT2D eigenvalue weighted by Crippen LogP contribution is 2.30. The summed E-state index contributed by atoms with van der Waals surface area (Å²) in [5.74, 6) is 0.925. The molecule has 0 radical (unpaired) electrons. The minimum Gasteiger partial charge on any atom is -0.484 e. The topological polar surface area (TPSA) is 24.5 Å². The third-order valence-electron chi connectivity index (χ3n) is 4.24. The predicted octanol–water partition coefficient (Wildman–Crippen LogP) is 3.13. The molecule has 116 valence electrons. The lowest BCUT2D eigenvalue weighted by atomic mass is 9.94. The van der Waals surface area contributed by atoms with Crippen molar-refractivity contribution in [3.63, 3.8) is 0 Å². The van der Waals surface area contributed by atoms with E-state index in [4.69, 9.17) is 4.74 Å². The molecule has 0 spiro atoms. The van der Waals surface area contributed by atoms with E-state index in [-0.39, 0.29) is 5.75 Å². The van der Waals surface area contributed by atoms with Crippen molar-refractivity contribution in [3.8, 4) is 5.75 Å². The molecule has 0 amide bonds. The number of ether oxygens (including phenoxy) is 1. The van der Waals surface area contributed by atoms with Crippen molar-refractivity contribution >= 4 is 5.69 Å². The lowest BCUT2D eigenvalue weighted by Crippen LogP contribution is -2.39. The molecule has 2 aliphatic rings. The first-order chi connectivity index (χ1) is 9.99. The molecule has 0 saturated carbocycles. The molecule has 1 aromatic rings. The van der Waals surface area contributed by atoms with E-state index in [1.54, 1.807) is 24.3 Å². The molecule has 6 heteroatoms. The molecule has 2 saturated heterocycles. The Hall–Kier alpha value is -1.43. The van der Waals surface area contributed by atoms with Gasteiger partial charge in [0.25, 0.3) is 0 Å². The number of piperidine rings is 1. The van der Waals surface area contributed by atoms with E-state index in [0.717, 1.165) is 25.2 Å². The zero-order valence-electron chi connectivity index (χ0n) is 11.7. The van der Waals surface area contributed by atoms with Gasteiger partial charge in [-0.15, -0.1) is 0 Å². The van der Waals surface area contributed by atoms with Crippen LogP contribution in [0, 0.1) is 5.92 Å². The van der Waals surface area contributed by atoms with Crippen LogP contribution >= 0.6 is 0 Å². The van der Waals surface area contributed by atoms with E-state index in [1.807, 2.05) is 0 Å². The molecule has 3 unspecified atom stereocenters. The first-order valence-corrected chi connectivity index (χ1v) is 7.28. The second-order valence-corrected chi connectivity index (χ2v) is 5.82. The number of benzene rings is 1. The van der Waals surface area contributed by atoms with E-state index >= 15 is 0 Å². The van der Waals surface area contributed by atoms with Crippen LogP contribution in [0.25, 0.3) is 0 Å². The van der Waals surface area contributed by atoms with Crippen molar-refractivity contribution < 1.29 is 17.9 Å². The van der Waals surface area contributed by atoms with Crippen LogP contribution in [0.2, 0.25) is 0 Å². The summed E-state index contributed by atoms with van der Waals surface area (Å²) in [5.41, 5.74) is 0.944. The number of fused-ring (bicyclic) bond motifs is 2. The highest BCUT2D eigenvalue weighted by atomic mass is 19.4. The molecule has 0 aliphatic carbocycles. The third-order valence-corrected chi connectivity index (χ3v) is 4.24. The summed E-state index contributed by atoms with van der Waals surface area (Å²) in [6.45, 7) is 2.22. The second-order valence-electron chi connectivity index (χ2n) is 5.82. The van der Waals surface area contributed by atoms with Gasteiger partial charge in [-0.1, -0.05) is 0 Å². The van der Waals surface area contributed by atoms with Crippen molar-refractivity contribution in [1.82, 2.24) is 4.90 Å². The van der Waals surface area contributed by atoms with Crippen molar-refractivity contribution in [1.29, 1.82) is 0 Å². The maximum absolute atomic E-state index is 12.1. The Balaban J connectivity index is 1.54. The fraction of sp³-hybridized carbons (Fsp3) is 0.600. The molecule has 2 bridgehead atoms. The third kappa shape index (κ3) is 3.81. The summed E-state index contributed by atoms with van der Waals surface area (Å²) in [6, 6.07) is 7.20. The van der Waals surface area contributed by atoms with Gasteiger partial charge in [-0.25, -0.2) is 0 Å². The molecular weight excluding hydrogens is 281 g/mol. The van der Waals surface area contributed by atoms with Gasteiger partial charge in [0.2, 0.25) is 0 Å². The average molecular weight is 300 g/mol. The van der Waals surface area contributed by atoms with Gasteiger partial charge in [0.15, 0.2) is 6.61 Å². The maximum Gasteiger partial charge on any atom is 0.422 e. The Labute approximate surface area is 122 Å². The van der Waals surface area contributed by atoms with Gasteiger partial charge in [-0.3, -0.25) is 0 Å². The monoisotopic (exact) mass is 300 g/mol. The van der Waals surface area contributed by atoms with Crippen LogP contribution in [0.1, 0.15) is 12.8 Å². The average Bonchev–Trinajstić information content (AvgIpc) is 2.83. The number of halogens is 3. The molecule has 2 heterocycles. The van der Waals surface area contributed by atoms with Gasteiger partial charge in [0.1, 0.15) is 5.75 Å². The van der Waals surface area contributed by atoms with Gasteiger partial charge in [0.05, 0.1) is 0 Å². The number of hydrogen-bond donors (Lipinski definition) is 1. The normalized spacial score (nSPS) is 28.4. The van der Waals surface area contributed by atoms with E-state index in [9.17, 15) is 13.2 Å². The van der Waals surface area contributed by atoms with Crippen LogP contribution < -0.4 is 10.1 Å². The number of alkyl halides is 3. The Morgan fingerprint density at radius 2 is 1.86 bits per heavy atom. The van der Waals surface area contributed by atoms with Crippen LogP contribution in [-0.2, 0) is 0 Å². The number of rotatable bonds is 4. The molecule has 2 aliphatic heterocycles. The van der Waals surface area contributed by atoms with E-state index in [1.165, 1.54) is 13.0 Å². The fourth-order valence-electron chi connectivity index (χ4n) is 3.17. The molecule has 2 fully saturated rings. The number of nitrogens with one attached hydrogen (secondary N) is 1. The number of nitrogens with zero attached hydrogens (tertiary/aromatic N) is 1. The summed E-state index contributed by atoms with van der Waals surface area (Å²) >= 11 is 0. The molecule has 3 nitrogen and oxygen atoms in total. The largest absolute Gasteiger partial charge is 0.484 e. The second kappa shape index (κ2) is 5.75. The summed E-state index contributed by atoms with van der Waals surface area (Å²) < 4.78 is 40.9. The fourth-order valence-corrected chi connectivity index (χ4v) is 3.17. The highest BCUT2D eigenvalue weighted by Gasteiger charge is 2.34. The van der Waals surface area contributed by atoms with E-state index in [0.29, 0.717) is 12.0 Å². The molecule has 0 aromatic heterocycles. The van der Waals surface area contributed by atoms with Gasteiger partial charge >= 0.3 is 6.18 Å². The number of anilines is 1. The molecule has 1 N–H and O–H groups in total. The quantitative estimate of drug-likeness (QED) is 0.924. The van der Waals surface area contributed by atoms with Crippen LogP contribution in [0.3, 0.4) is 0 Å².